The van der Waals surface area contributed by atoms with Crippen LogP contribution in [0.5, 0.6) is 0 Å². The van der Waals surface area contributed by atoms with Crippen molar-refractivity contribution in [3.63, 3.8) is 0 Å². The number of benzene rings is 1. The third kappa shape index (κ3) is 4.71. The number of nitrogens with zero attached hydrogens (tertiary/aromatic N) is 6. The Kier molecular flexibility index (Phi) is 6.80. The van der Waals surface area contributed by atoms with E-state index in [1.807, 2.05) is 6.92 Å². The Balaban J connectivity index is 1.41. The van der Waals surface area contributed by atoms with Crippen LogP contribution in [0.1, 0.15) is 49.9 Å². The highest BCUT2D eigenvalue weighted by atomic mass is 19.1. The molecule has 0 saturated carbocycles. The highest BCUT2D eigenvalue weighted by Crippen LogP contribution is 2.28. The lowest BCUT2D eigenvalue weighted by atomic mass is 10.0. The van der Waals surface area contributed by atoms with E-state index in [-0.39, 0.29) is 6.04 Å². The van der Waals surface area contributed by atoms with Crippen LogP contribution >= 0.6 is 0 Å². The third-order valence-electron chi connectivity index (χ3n) is 6.15. The minimum absolute atomic E-state index is 0.0548. The van der Waals surface area contributed by atoms with E-state index in [1.54, 1.807) is 6.07 Å². The first-order chi connectivity index (χ1) is 15.1. The molecule has 168 valence electrons. The first-order valence-corrected chi connectivity index (χ1v) is 11.2. The summed E-state index contributed by atoms with van der Waals surface area (Å²) in [6.07, 6.45) is 2.89. The zero-order chi connectivity index (χ0) is 21.8. The SMILES string of the molecule is CCNC(=NCc1nnc2n1CCC2)N1CCN(C(CC)c2ccc(F)cc2F)CC1. The summed E-state index contributed by atoms with van der Waals surface area (Å²) in [5.74, 6) is 1.84. The maximum Gasteiger partial charge on any atom is 0.194 e. The number of hydrogen-bond donors (Lipinski definition) is 1. The molecule has 1 aromatic carbocycles. The summed E-state index contributed by atoms with van der Waals surface area (Å²) in [6, 6.07) is 3.84. The van der Waals surface area contributed by atoms with E-state index in [1.165, 1.54) is 6.07 Å². The molecule has 4 rings (SSSR count). The van der Waals surface area contributed by atoms with E-state index in [4.69, 9.17) is 4.99 Å². The van der Waals surface area contributed by atoms with Crippen molar-refractivity contribution in [3.8, 4) is 0 Å². The summed E-state index contributed by atoms with van der Waals surface area (Å²) in [7, 11) is 0. The molecule has 0 amide bonds. The fourth-order valence-electron chi connectivity index (χ4n) is 4.59. The van der Waals surface area contributed by atoms with E-state index >= 15 is 0 Å². The lowest BCUT2D eigenvalue weighted by Crippen LogP contribution is -2.53. The number of halogens is 2. The minimum atomic E-state index is -0.536. The molecule has 0 bridgehead atoms. The van der Waals surface area contributed by atoms with Crippen molar-refractivity contribution in [2.75, 3.05) is 32.7 Å². The summed E-state index contributed by atoms with van der Waals surface area (Å²) in [5.41, 5.74) is 0.568. The molecule has 0 spiro atoms. The lowest BCUT2D eigenvalue weighted by molar-refractivity contribution is 0.124. The van der Waals surface area contributed by atoms with Gasteiger partial charge in [0.25, 0.3) is 0 Å². The molecule has 1 atom stereocenters. The maximum absolute atomic E-state index is 14.4. The first-order valence-electron chi connectivity index (χ1n) is 11.2. The monoisotopic (exact) mass is 431 g/mol. The highest BCUT2D eigenvalue weighted by Gasteiger charge is 2.27. The smallest absolute Gasteiger partial charge is 0.194 e. The Morgan fingerprint density at radius 2 is 1.94 bits per heavy atom. The van der Waals surface area contributed by atoms with Crippen LogP contribution in [0, 0.1) is 11.6 Å². The molecule has 2 aliphatic heterocycles. The van der Waals surface area contributed by atoms with Crippen molar-refractivity contribution in [2.45, 2.75) is 52.2 Å². The largest absolute Gasteiger partial charge is 0.357 e. The van der Waals surface area contributed by atoms with E-state index in [2.05, 4.69) is 36.8 Å². The van der Waals surface area contributed by atoms with Crippen molar-refractivity contribution >= 4 is 5.96 Å². The number of aryl methyl sites for hydroxylation is 1. The van der Waals surface area contributed by atoms with Crippen LogP contribution in [-0.4, -0.2) is 63.2 Å². The number of guanidine groups is 1. The molecule has 1 saturated heterocycles. The second-order valence-corrected chi connectivity index (χ2v) is 8.07. The molecule has 2 aromatic rings. The van der Waals surface area contributed by atoms with Gasteiger partial charge in [0.2, 0.25) is 0 Å². The molecule has 2 aliphatic rings. The number of piperazine rings is 1. The predicted octanol–water partition coefficient (Wildman–Crippen LogP) is 2.74. The molecule has 31 heavy (non-hydrogen) atoms. The number of hydrogen-bond acceptors (Lipinski definition) is 4. The fraction of sp³-hybridized carbons (Fsp3) is 0.591. The van der Waals surface area contributed by atoms with Gasteiger partial charge in [-0.05, 0) is 25.8 Å². The van der Waals surface area contributed by atoms with Gasteiger partial charge in [0.05, 0.1) is 0 Å². The number of aromatic nitrogens is 3. The number of rotatable bonds is 6. The van der Waals surface area contributed by atoms with Gasteiger partial charge in [-0.3, -0.25) is 4.90 Å². The normalized spacial score (nSPS) is 18.3. The van der Waals surface area contributed by atoms with Crippen LogP contribution in [0.25, 0.3) is 0 Å². The van der Waals surface area contributed by atoms with E-state index in [9.17, 15) is 8.78 Å². The van der Waals surface area contributed by atoms with Gasteiger partial charge in [0.1, 0.15) is 24.0 Å². The number of aliphatic imine (C=N–C) groups is 1. The number of nitrogens with one attached hydrogen (secondary N) is 1. The van der Waals surface area contributed by atoms with Crippen LogP contribution in [0.3, 0.4) is 0 Å². The molecule has 1 N–H and O–H groups in total. The molecule has 3 heterocycles. The summed E-state index contributed by atoms with van der Waals surface area (Å²) in [5, 5.41) is 11.9. The average molecular weight is 432 g/mol. The van der Waals surface area contributed by atoms with E-state index in [0.717, 1.165) is 82.2 Å². The maximum atomic E-state index is 14.4. The lowest BCUT2D eigenvalue weighted by Gasteiger charge is -2.40. The van der Waals surface area contributed by atoms with Crippen molar-refractivity contribution in [2.24, 2.45) is 4.99 Å². The first kappa shape index (κ1) is 21.7. The van der Waals surface area contributed by atoms with Gasteiger partial charge in [-0.1, -0.05) is 13.0 Å². The zero-order valence-corrected chi connectivity index (χ0v) is 18.3. The van der Waals surface area contributed by atoms with Crippen LogP contribution in [0.15, 0.2) is 23.2 Å². The topological polar surface area (TPSA) is 61.6 Å². The Morgan fingerprint density at radius 3 is 2.65 bits per heavy atom. The Bertz CT molecular complexity index is 919. The van der Waals surface area contributed by atoms with Gasteiger partial charge >= 0.3 is 0 Å². The third-order valence-corrected chi connectivity index (χ3v) is 6.15. The molecular weight excluding hydrogens is 400 g/mol. The second kappa shape index (κ2) is 9.72. The molecule has 1 unspecified atom stereocenters. The van der Waals surface area contributed by atoms with Gasteiger partial charge in [-0.15, -0.1) is 10.2 Å². The molecule has 1 aromatic heterocycles. The zero-order valence-electron chi connectivity index (χ0n) is 18.3. The van der Waals surface area contributed by atoms with E-state index in [0.29, 0.717) is 12.1 Å². The molecule has 9 heteroatoms. The second-order valence-electron chi connectivity index (χ2n) is 8.07. The summed E-state index contributed by atoms with van der Waals surface area (Å²) < 4.78 is 29.9. The number of fused-ring (bicyclic) bond motifs is 1. The minimum Gasteiger partial charge on any atom is -0.357 e. The van der Waals surface area contributed by atoms with Gasteiger partial charge in [0, 0.05) is 63.4 Å². The van der Waals surface area contributed by atoms with Crippen LogP contribution in [0.2, 0.25) is 0 Å². The van der Waals surface area contributed by atoms with Crippen LogP contribution in [0.4, 0.5) is 8.78 Å². The Morgan fingerprint density at radius 1 is 1.13 bits per heavy atom. The molecular formula is C22H31F2N7. The van der Waals surface area contributed by atoms with Gasteiger partial charge in [0.15, 0.2) is 11.8 Å². The molecule has 0 radical (unpaired) electrons. The average Bonchev–Trinajstić information content (AvgIpc) is 3.38. The van der Waals surface area contributed by atoms with Crippen LogP contribution < -0.4 is 5.32 Å². The van der Waals surface area contributed by atoms with Crippen molar-refractivity contribution in [1.82, 2.24) is 29.9 Å². The van der Waals surface area contributed by atoms with Gasteiger partial charge < -0.3 is 14.8 Å². The molecule has 1 fully saturated rings. The van der Waals surface area contributed by atoms with Crippen molar-refractivity contribution < 1.29 is 8.78 Å². The highest BCUT2D eigenvalue weighted by molar-refractivity contribution is 5.80. The quantitative estimate of drug-likeness (QED) is 0.563. The van der Waals surface area contributed by atoms with E-state index < -0.39 is 11.6 Å². The van der Waals surface area contributed by atoms with Gasteiger partial charge in [-0.2, -0.15) is 0 Å². The van der Waals surface area contributed by atoms with Gasteiger partial charge in [-0.25, -0.2) is 13.8 Å². The molecule has 0 aliphatic carbocycles. The Hall–Kier alpha value is -2.55. The summed E-state index contributed by atoms with van der Waals surface area (Å²) >= 11 is 0. The van der Waals surface area contributed by atoms with Crippen LogP contribution in [-0.2, 0) is 19.5 Å². The fourth-order valence-corrected chi connectivity index (χ4v) is 4.59. The summed E-state index contributed by atoms with van der Waals surface area (Å²) in [4.78, 5) is 9.34. The molecule has 7 nitrogen and oxygen atoms in total. The predicted molar refractivity (Wildman–Crippen MR) is 116 cm³/mol. The Labute approximate surface area is 182 Å². The summed E-state index contributed by atoms with van der Waals surface area (Å²) in [6.45, 7) is 9.55. The van der Waals surface area contributed by atoms with Crippen molar-refractivity contribution in [1.29, 1.82) is 0 Å². The standard InChI is InChI=1S/C22H31F2N7/c1-3-19(17-8-7-16(23)14-18(17)24)29-10-12-30(13-11-29)22(25-4-2)26-15-21-28-27-20-6-5-9-31(20)21/h7-8,14,19H,3-6,9-13,15H2,1-2H3,(H,25,26). The van der Waals surface area contributed by atoms with Crippen molar-refractivity contribution in [3.05, 3.63) is 47.0 Å².